The van der Waals surface area contributed by atoms with Crippen molar-refractivity contribution in [2.75, 3.05) is 31.2 Å². The summed E-state index contributed by atoms with van der Waals surface area (Å²) >= 11 is 0. The highest BCUT2D eigenvalue weighted by Gasteiger charge is 2.46. The monoisotopic (exact) mass is 574 g/mol. The van der Waals surface area contributed by atoms with Crippen LogP contribution in [0.3, 0.4) is 0 Å². The lowest BCUT2D eigenvalue weighted by atomic mass is 9.79. The lowest BCUT2D eigenvalue weighted by Crippen LogP contribution is -2.28. The standard InChI is InChI=1S/C38H44N3O2/c1-37(2)28-16-10-12-18-30(28)40(23-13-25-42)33(37)19-7-6-8-20-34-38(3,4)36-32(41(34)24-14-26-43)22-21-31-35(36)27-15-9-11-17-29(27)39(31)5/h6-12,15-22,42-43H,13-14,23-26H2,1-5H3/q+1. The smallest absolute Gasteiger partial charge is 0.210 e. The third-order valence-electron chi connectivity index (χ3n) is 9.51. The molecule has 5 nitrogen and oxygen atoms in total. The van der Waals surface area contributed by atoms with Crippen LogP contribution in [0.4, 0.5) is 11.4 Å². The van der Waals surface area contributed by atoms with Crippen LogP contribution in [-0.4, -0.2) is 51.4 Å². The van der Waals surface area contributed by atoms with Crippen LogP contribution in [0.2, 0.25) is 0 Å². The number of fused-ring (bicyclic) bond motifs is 6. The van der Waals surface area contributed by atoms with Crippen molar-refractivity contribution in [3.05, 3.63) is 108 Å². The molecule has 0 bridgehead atoms. The number of hydrogen-bond acceptors (Lipinski definition) is 3. The average molecular weight is 575 g/mol. The van der Waals surface area contributed by atoms with Crippen molar-refractivity contribution in [3.8, 4) is 0 Å². The third kappa shape index (κ3) is 4.66. The Morgan fingerprint density at radius 2 is 1.53 bits per heavy atom. The first-order valence-electron chi connectivity index (χ1n) is 15.5. The molecule has 5 heteroatoms. The zero-order valence-corrected chi connectivity index (χ0v) is 26.1. The molecule has 0 radical (unpaired) electrons. The van der Waals surface area contributed by atoms with Gasteiger partial charge in [-0.15, -0.1) is 0 Å². The van der Waals surface area contributed by atoms with Crippen molar-refractivity contribution < 1.29 is 14.8 Å². The second-order valence-electron chi connectivity index (χ2n) is 12.8. The first-order chi connectivity index (χ1) is 20.7. The van der Waals surface area contributed by atoms with E-state index >= 15 is 0 Å². The first-order valence-corrected chi connectivity index (χ1v) is 15.5. The van der Waals surface area contributed by atoms with E-state index in [0.29, 0.717) is 6.42 Å². The Morgan fingerprint density at radius 1 is 0.791 bits per heavy atom. The van der Waals surface area contributed by atoms with Crippen LogP contribution in [-0.2, 0) is 17.9 Å². The molecule has 0 unspecified atom stereocenters. The Balaban J connectivity index is 1.37. The van der Waals surface area contributed by atoms with E-state index in [2.05, 4.69) is 140 Å². The van der Waals surface area contributed by atoms with E-state index in [0.717, 1.165) is 19.5 Å². The number of para-hydroxylation sites is 2. The fraction of sp³-hybridized carbons (Fsp3) is 0.342. The number of aromatic nitrogens is 1. The van der Waals surface area contributed by atoms with Gasteiger partial charge in [0.1, 0.15) is 0 Å². The van der Waals surface area contributed by atoms with Crippen LogP contribution in [0.5, 0.6) is 0 Å². The molecule has 0 saturated heterocycles. The van der Waals surface area contributed by atoms with Crippen molar-refractivity contribution in [3.63, 3.8) is 0 Å². The van der Waals surface area contributed by atoms with Gasteiger partial charge in [-0.05, 0) is 50.1 Å². The Bertz CT molecular complexity index is 1820. The molecule has 0 fully saturated rings. The zero-order valence-electron chi connectivity index (χ0n) is 26.1. The predicted molar refractivity (Wildman–Crippen MR) is 180 cm³/mol. The average Bonchev–Trinajstić information content (AvgIpc) is 3.50. The first kappa shape index (κ1) is 29.2. The second kappa shape index (κ2) is 11.3. The van der Waals surface area contributed by atoms with Crippen LogP contribution < -0.4 is 4.90 Å². The minimum absolute atomic E-state index is 0.116. The van der Waals surface area contributed by atoms with Crippen molar-refractivity contribution in [1.82, 2.24) is 4.57 Å². The molecule has 0 spiro atoms. The fourth-order valence-corrected chi connectivity index (χ4v) is 7.43. The van der Waals surface area contributed by atoms with Gasteiger partial charge in [-0.3, -0.25) is 0 Å². The van der Waals surface area contributed by atoms with Crippen molar-refractivity contribution in [2.45, 2.75) is 51.4 Å². The number of benzene rings is 3. The van der Waals surface area contributed by atoms with E-state index in [1.54, 1.807) is 0 Å². The summed E-state index contributed by atoms with van der Waals surface area (Å²) in [6.45, 7) is 11.1. The molecule has 3 heterocycles. The highest BCUT2D eigenvalue weighted by atomic mass is 16.3. The molecule has 222 valence electrons. The predicted octanol–water partition coefficient (Wildman–Crippen LogP) is 7.27. The molecule has 0 saturated carbocycles. The quantitative estimate of drug-likeness (QED) is 0.163. The molecule has 2 aliphatic heterocycles. The third-order valence-corrected chi connectivity index (χ3v) is 9.51. The topological polar surface area (TPSA) is 51.6 Å². The van der Waals surface area contributed by atoms with Crippen LogP contribution in [0.1, 0.15) is 51.7 Å². The Labute approximate surface area is 255 Å². The van der Waals surface area contributed by atoms with E-state index < -0.39 is 0 Å². The molecule has 4 aromatic rings. The van der Waals surface area contributed by atoms with Crippen LogP contribution in [0.15, 0.2) is 96.7 Å². The van der Waals surface area contributed by atoms with Gasteiger partial charge < -0.3 is 19.7 Å². The van der Waals surface area contributed by atoms with Gasteiger partial charge in [-0.2, -0.15) is 4.58 Å². The lowest BCUT2D eigenvalue weighted by Gasteiger charge is -2.26. The summed E-state index contributed by atoms with van der Waals surface area (Å²) in [6, 6.07) is 21.8. The summed E-state index contributed by atoms with van der Waals surface area (Å²) < 4.78 is 4.71. The number of allylic oxidation sites excluding steroid dienone is 6. The molecule has 0 atom stereocenters. The fourth-order valence-electron chi connectivity index (χ4n) is 7.43. The molecule has 2 aliphatic rings. The van der Waals surface area contributed by atoms with Gasteiger partial charge in [0.05, 0.1) is 5.41 Å². The molecule has 2 N–H and O–H groups in total. The van der Waals surface area contributed by atoms with Gasteiger partial charge in [-0.25, -0.2) is 0 Å². The van der Waals surface area contributed by atoms with E-state index in [1.807, 2.05) is 0 Å². The molecule has 43 heavy (non-hydrogen) atoms. The molecule has 0 amide bonds. The van der Waals surface area contributed by atoms with E-state index in [-0.39, 0.29) is 24.0 Å². The Hall–Kier alpha value is -3.93. The van der Waals surface area contributed by atoms with Crippen LogP contribution >= 0.6 is 0 Å². The summed E-state index contributed by atoms with van der Waals surface area (Å²) in [5.74, 6) is 0. The van der Waals surface area contributed by atoms with Crippen LogP contribution in [0, 0.1) is 0 Å². The van der Waals surface area contributed by atoms with Crippen molar-refractivity contribution in [1.29, 1.82) is 0 Å². The normalized spacial score (nSPS) is 18.3. The van der Waals surface area contributed by atoms with Gasteiger partial charge in [-0.1, -0.05) is 68.5 Å². The number of aliphatic hydroxyl groups excluding tert-OH is 2. The summed E-state index contributed by atoms with van der Waals surface area (Å²) in [7, 11) is 2.15. The van der Waals surface area contributed by atoms with E-state index in [9.17, 15) is 10.2 Å². The molecule has 1 aromatic heterocycles. The number of rotatable bonds is 9. The SMILES string of the molecule is Cn1c2ccccc2c2c3c(ccc21)[N+](CCCO)=C(C=CC=CC=C1N(CCCO)c2ccccc2C1(C)C)C3(C)C. The highest BCUT2D eigenvalue weighted by molar-refractivity contribution is 6.16. The Morgan fingerprint density at radius 3 is 2.33 bits per heavy atom. The number of aliphatic hydroxyl groups is 2. The lowest BCUT2D eigenvalue weighted by molar-refractivity contribution is -0.438. The second-order valence-corrected chi connectivity index (χ2v) is 12.8. The van der Waals surface area contributed by atoms with Gasteiger partial charge in [0.15, 0.2) is 12.3 Å². The number of nitrogens with zero attached hydrogens (tertiary/aromatic N) is 3. The van der Waals surface area contributed by atoms with Crippen molar-refractivity contribution >= 4 is 38.9 Å². The summed E-state index contributed by atoms with van der Waals surface area (Å²) in [5, 5.41) is 21.9. The van der Waals surface area contributed by atoms with Crippen molar-refractivity contribution in [2.24, 2.45) is 7.05 Å². The van der Waals surface area contributed by atoms with Gasteiger partial charge in [0.25, 0.3) is 0 Å². The summed E-state index contributed by atoms with van der Waals surface area (Å²) in [5.41, 5.74) is 9.80. The summed E-state index contributed by atoms with van der Waals surface area (Å²) in [6.07, 6.45) is 12.3. The number of hydrogen-bond donors (Lipinski definition) is 2. The number of aryl methyl sites for hydroxylation is 1. The maximum absolute atomic E-state index is 9.75. The van der Waals surface area contributed by atoms with Gasteiger partial charge in [0.2, 0.25) is 5.69 Å². The molecule has 3 aromatic carbocycles. The van der Waals surface area contributed by atoms with Gasteiger partial charge in [0, 0.05) is 89.5 Å². The Kier molecular flexibility index (Phi) is 7.66. The van der Waals surface area contributed by atoms with E-state index in [1.165, 1.54) is 55.7 Å². The highest BCUT2D eigenvalue weighted by Crippen LogP contribution is 2.48. The minimum Gasteiger partial charge on any atom is -0.396 e. The van der Waals surface area contributed by atoms with E-state index in [4.69, 9.17) is 0 Å². The zero-order chi connectivity index (χ0) is 30.4. The maximum atomic E-state index is 9.75. The maximum Gasteiger partial charge on any atom is 0.210 e. The molecular formula is C38H44N3O2+. The number of anilines is 1. The molecular weight excluding hydrogens is 530 g/mol. The largest absolute Gasteiger partial charge is 0.396 e. The molecule has 6 rings (SSSR count). The summed E-state index contributed by atoms with van der Waals surface area (Å²) in [4.78, 5) is 2.36. The minimum atomic E-state index is -0.215. The van der Waals surface area contributed by atoms with Gasteiger partial charge >= 0.3 is 0 Å². The van der Waals surface area contributed by atoms with Crippen LogP contribution in [0.25, 0.3) is 21.8 Å². The molecule has 0 aliphatic carbocycles.